The fourth-order valence-electron chi connectivity index (χ4n) is 1.38. The second-order valence-corrected chi connectivity index (χ2v) is 3.31. The Kier molecular flexibility index (Phi) is 4.37. The molecule has 0 bridgehead atoms. The third-order valence-electron chi connectivity index (χ3n) is 2.32. The molecule has 88 valence electrons. The second-order valence-electron chi connectivity index (χ2n) is 3.31. The van der Waals surface area contributed by atoms with E-state index in [1.54, 1.807) is 6.92 Å². The maximum absolute atomic E-state index is 13.3. The average molecular weight is 228 g/mol. The largest absolute Gasteiger partial charge is 0.337 e. The van der Waals surface area contributed by atoms with Crippen LogP contribution in [0.2, 0.25) is 0 Å². The number of likely N-dealkylation sites (N-methyl/N-ethyl adjacent to an activating group) is 1. The first-order chi connectivity index (χ1) is 7.60. The fraction of sp³-hybridized carbons (Fsp3) is 0.364. The number of nitrogens with two attached hydrogens (primary N) is 1. The van der Waals surface area contributed by atoms with Gasteiger partial charge in [0.05, 0.1) is 13.1 Å². The van der Waals surface area contributed by atoms with Crippen molar-refractivity contribution in [3.63, 3.8) is 0 Å². The van der Waals surface area contributed by atoms with Crippen LogP contribution in [0.25, 0.3) is 0 Å². The molecule has 0 aliphatic heterocycles. The van der Waals surface area contributed by atoms with Gasteiger partial charge in [0.15, 0.2) is 0 Å². The first-order valence-electron chi connectivity index (χ1n) is 5.00. The zero-order valence-corrected chi connectivity index (χ0v) is 9.04. The van der Waals surface area contributed by atoms with Crippen LogP contribution in [0.15, 0.2) is 18.2 Å². The molecule has 0 saturated carbocycles. The van der Waals surface area contributed by atoms with Gasteiger partial charge in [0.1, 0.15) is 11.6 Å². The average Bonchev–Trinajstić information content (AvgIpc) is 2.28. The monoisotopic (exact) mass is 228 g/mol. The summed E-state index contributed by atoms with van der Waals surface area (Å²) in [6.45, 7) is 1.84. The molecule has 1 amide bonds. The third-order valence-corrected chi connectivity index (χ3v) is 2.32. The first kappa shape index (κ1) is 12.6. The predicted molar refractivity (Wildman–Crippen MR) is 56.5 cm³/mol. The maximum atomic E-state index is 13.3. The summed E-state index contributed by atoms with van der Waals surface area (Å²) in [5.41, 5.74) is 5.09. The number of nitrogens with zero attached hydrogens (tertiary/aromatic N) is 1. The van der Waals surface area contributed by atoms with Crippen LogP contribution in [0.3, 0.4) is 0 Å². The molecular weight excluding hydrogens is 214 g/mol. The van der Waals surface area contributed by atoms with E-state index in [0.29, 0.717) is 6.54 Å². The van der Waals surface area contributed by atoms with E-state index in [9.17, 15) is 13.6 Å². The van der Waals surface area contributed by atoms with Crippen LogP contribution < -0.4 is 5.73 Å². The van der Waals surface area contributed by atoms with Crippen LogP contribution in [0, 0.1) is 11.6 Å². The highest BCUT2D eigenvalue weighted by Crippen LogP contribution is 2.14. The summed E-state index contributed by atoms with van der Waals surface area (Å²) in [7, 11) is 0. The maximum Gasteiger partial charge on any atom is 0.236 e. The molecule has 5 heteroatoms. The van der Waals surface area contributed by atoms with Crippen molar-refractivity contribution < 1.29 is 13.6 Å². The molecule has 0 spiro atoms. The lowest BCUT2D eigenvalue weighted by atomic mass is 10.2. The molecule has 0 aromatic heterocycles. The Morgan fingerprint density at radius 1 is 1.38 bits per heavy atom. The topological polar surface area (TPSA) is 46.3 Å². The summed E-state index contributed by atoms with van der Waals surface area (Å²) < 4.78 is 26.6. The van der Waals surface area contributed by atoms with E-state index in [1.807, 2.05) is 0 Å². The molecule has 0 saturated heterocycles. The van der Waals surface area contributed by atoms with E-state index in [2.05, 4.69) is 0 Å². The molecule has 0 heterocycles. The van der Waals surface area contributed by atoms with Gasteiger partial charge < -0.3 is 10.6 Å². The molecule has 1 rings (SSSR count). The Bertz CT molecular complexity index is 362. The van der Waals surface area contributed by atoms with Gasteiger partial charge in [0.25, 0.3) is 0 Å². The highest BCUT2D eigenvalue weighted by Gasteiger charge is 2.15. The quantitative estimate of drug-likeness (QED) is 0.843. The number of hydrogen-bond donors (Lipinski definition) is 1. The van der Waals surface area contributed by atoms with Crippen LogP contribution in [0.4, 0.5) is 8.78 Å². The molecule has 0 aliphatic carbocycles. The number of benzene rings is 1. The summed E-state index contributed by atoms with van der Waals surface area (Å²) in [5.74, 6) is -1.63. The number of rotatable bonds is 4. The number of hydrogen-bond acceptors (Lipinski definition) is 2. The summed E-state index contributed by atoms with van der Waals surface area (Å²) in [4.78, 5) is 12.6. The van der Waals surface area contributed by atoms with Gasteiger partial charge in [0, 0.05) is 12.1 Å². The number of halogens is 2. The van der Waals surface area contributed by atoms with Crippen LogP contribution in [0.1, 0.15) is 12.5 Å². The lowest BCUT2D eigenvalue weighted by molar-refractivity contribution is -0.130. The molecule has 3 nitrogen and oxygen atoms in total. The SMILES string of the molecule is CCN(Cc1c(F)cccc1F)C(=O)CN. The minimum absolute atomic E-state index is 0.0922. The van der Waals surface area contributed by atoms with Gasteiger partial charge in [-0.3, -0.25) is 4.79 Å². The standard InChI is InChI=1S/C11H14F2N2O/c1-2-15(11(16)6-14)7-8-9(12)4-3-5-10(8)13/h3-5H,2,6-7,14H2,1H3. The van der Waals surface area contributed by atoms with Crippen LogP contribution in [-0.4, -0.2) is 23.9 Å². The zero-order valence-electron chi connectivity index (χ0n) is 9.04. The molecule has 0 unspecified atom stereocenters. The van der Waals surface area contributed by atoms with E-state index in [-0.39, 0.29) is 24.6 Å². The summed E-state index contributed by atoms with van der Waals surface area (Å²) in [6.07, 6.45) is 0. The van der Waals surface area contributed by atoms with E-state index in [4.69, 9.17) is 5.73 Å². The summed E-state index contributed by atoms with van der Waals surface area (Å²) >= 11 is 0. The van der Waals surface area contributed by atoms with Gasteiger partial charge in [0.2, 0.25) is 5.91 Å². The van der Waals surface area contributed by atoms with Gasteiger partial charge in [-0.1, -0.05) is 6.07 Å². The number of amides is 1. The van der Waals surface area contributed by atoms with Crippen molar-refractivity contribution in [1.29, 1.82) is 0 Å². The molecular formula is C11H14F2N2O. The Morgan fingerprint density at radius 3 is 2.38 bits per heavy atom. The van der Waals surface area contributed by atoms with Crippen molar-refractivity contribution in [1.82, 2.24) is 4.90 Å². The molecule has 0 radical (unpaired) electrons. The fourth-order valence-corrected chi connectivity index (χ4v) is 1.38. The molecule has 0 atom stereocenters. The van der Waals surface area contributed by atoms with Gasteiger partial charge in [-0.15, -0.1) is 0 Å². The molecule has 1 aromatic rings. The highest BCUT2D eigenvalue weighted by molar-refractivity contribution is 5.77. The lowest BCUT2D eigenvalue weighted by Crippen LogP contribution is -2.35. The Hall–Kier alpha value is -1.49. The van der Waals surface area contributed by atoms with Gasteiger partial charge >= 0.3 is 0 Å². The van der Waals surface area contributed by atoms with Gasteiger partial charge in [-0.05, 0) is 19.1 Å². The molecule has 0 aliphatic rings. The molecule has 0 fully saturated rings. The van der Waals surface area contributed by atoms with Crippen LogP contribution in [-0.2, 0) is 11.3 Å². The van der Waals surface area contributed by atoms with Crippen LogP contribution in [0.5, 0.6) is 0 Å². The molecule has 1 aromatic carbocycles. The minimum atomic E-state index is -0.650. The van der Waals surface area contributed by atoms with Crippen LogP contribution >= 0.6 is 0 Å². The Balaban J connectivity index is 2.90. The summed E-state index contributed by atoms with van der Waals surface area (Å²) in [6, 6.07) is 3.62. The van der Waals surface area contributed by atoms with E-state index >= 15 is 0 Å². The highest BCUT2D eigenvalue weighted by atomic mass is 19.1. The van der Waals surface area contributed by atoms with E-state index in [1.165, 1.54) is 23.1 Å². The molecule has 2 N–H and O–H groups in total. The minimum Gasteiger partial charge on any atom is -0.337 e. The van der Waals surface area contributed by atoms with Gasteiger partial charge in [-0.25, -0.2) is 8.78 Å². The lowest BCUT2D eigenvalue weighted by Gasteiger charge is -2.20. The molecule has 16 heavy (non-hydrogen) atoms. The number of carbonyl (C=O) groups excluding carboxylic acids is 1. The number of carbonyl (C=O) groups is 1. The van der Waals surface area contributed by atoms with Crippen molar-refractivity contribution in [2.45, 2.75) is 13.5 Å². The summed E-state index contributed by atoms with van der Waals surface area (Å²) in [5, 5.41) is 0. The first-order valence-corrected chi connectivity index (χ1v) is 5.00. The van der Waals surface area contributed by atoms with E-state index in [0.717, 1.165) is 0 Å². The Labute approximate surface area is 92.8 Å². The predicted octanol–water partition coefficient (Wildman–Crippen LogP) is 1.27. The Morgan fingerprint density at radius 2 is 1.94 bits per heavy atom. The smallest absolute Gasteiger partial charge is 0.236 e. The van der Waals surface area contributed by atoms with Crippen molar-refractivity contribution in [2.75, 3.05) is 13.1 Å². The second kappa shape index (κ2) is 5.55. The normalized spacial score (nSPS) is 10.2. The van der Waals surface area contributed by atoms with Crippen molar-refractivity contribution in [2.24, 2.45) is 5.73 Å². The van der Waals surface area contributed by atoms with Crippen molar-refractivity contribution in [3.05, 3.63) is 35.4 Å². The van der Waals surface area contributed by atoms with Crippen molar-refractivity contribution >= 4 is 5.91 Å². The third kappa shape index (κ3) is 2.76. The van der Waals surface area contributed by atoms with Gasteiger partial charge in [-0.2, -0.15) is 0 Å². The zero-order chi connectivity index (χ0) is 12.1. The van der Waals surface area contributed by atoms with E-state index < -0.39 is 11.6 Å². The van der Waals surface area contributed by atoms with Crippen molar-refractivity contribution in [3.8, 4) is 0 Å².